The topological polar surface area (TPSA) is 80.9 Å². The van der Waals surface area contributed by atoms with Crippen molar-refractivity contribution in [3.05, 3.63) is 48.0 Å². The van der Waals surface area contributed by atoms with Crippen LogP contribution in [0.25, 0.3) is 0 Å². The van der Waals surface area contributed by atoms with Gasteiger partial charge in [0.1, 0.15) is 12.4 Å². The zero-order valence-corrected chi connectivity index (χ0v) is 15.5. The second kappa shape index (κ2) is 11.2. The van der Waals surface area contributed by atoms with Gasteiger partial charge in [-0.1, -0.05) is 0 Å². The molecule has 2 rings (SSSR count). The first-order valence-electron chi connectivity index (χ1n) is 8.65. The molecule has 0 unspecified atom stereocenters. The smallest absolute Gasteiger partial charge is 0.422 e. The third-order valence-corrected chi connectivity index (χ3v) is 3.45. The molecule has 2 N–H and O–H groups in total. The molecule has 0 amide bonds. The first-order valence-corrected chi connectivity index (χ1v) is 8.65. The molecule has 7 nitrogen and oxygen atoms in total. The molecule has 0 saturated heterocycles. The molecular weight excluding hydrogens is 377 g/mol. The number of alkyl halides is 3. The van der Waals surface area contributed by atoms with Crippen LogP contribution >= 0.6 is 0 Å². The average Bonchev–Trinajstić information content (AvgIpc) is 3.18. The van der Waals surface area contributed by atoms with Gasteiger partial charge in [-0.3, -0.25) is 4.99 Å². The summed E-state index contributed by atoms with van der Waals surface area (Å²) in [6.07, 6.45) is -0.630. The van der Waals surface area contributed by atoms with E-state index >= 15 is 0 Å². The monoisotopic (exact) mass is 400 g/mol. The quantitative estimate of drug-likeness (QED) is 0.363. The molecule has 0 fully saturated rings. The Balaban J connectivity index is 1.64. The van der Waals surface area contributed by atoms with Crippen molar-refractivity contribution in [3.63, 3.8) is 0 Å². The van der Waals surface area contributed by atoms with Crippen molar-refractivity contribution < 1.29 is 27.1 Å². The summed E-state index contributed by atoms with van der Waals surface area (Å²) in [4.78, 5) is 7.87. The number of aromatic nitrogens is 1. The maximum Gasteiger partial charge on any atom is 0.422 e. The summed E-state index contributed by atoms with van der Waals surface area (Å²) in [5.41, 5.74) is 0.719. The molecule has 2 aromatic heterocycles. The van der Waals surface area contributed by atoms with Crippen LogP contribution in [0.3, 0.4) is 0 Å². The highest BCUT2D eigenvalue weighted by Crippen LogP contribution is 2.17. The number of pyridine rings is 1. The zero-order valence-electron chi connectivity index (χ0n) is 15.5. The van der Waals surface area contributed by atoms with Gasteiger partial charge in [0.05, 0.1) is 6.26 Å². The lowest BCUT2D eigenvalue weighted by atomic mass is 10.2. The van der Waals surface area contributed by atoms with Crippen LogP contribution in [-0.4, -0.2) is 43.9 Å². The number of hydrogen-bond donors (Lipinski definition) is 2. The minimum absolute atomic E-state index is 0.0757. The standard InChI is InChI=1S/C18H23F3N4O3/c1-22-17(24-6-3-8-26-12-15-4-2-9-27-15)25-11-14-5-7-23-16(10-14)28-13-18(19,20)21/h2,4-5,7,9-10H,3,6,8,11-13H2,1H3,(H2,22,24,25). The summed E-state index contributed by atoms with van der Waals surface area (Å²) in [5, 5.41) is 6.21. The van der Waals surface area contributed by atoms with Crippen molar-refractivity contribution in [1.82, 2.24) is 15.6 Å². The normalized spacial score (nSPS) is 12.1. The van der Waals surface area contributed by atoms with E-state index < -0.39 is 12.8 Å². The zero-order chi connectivity index (χ0) is 20.2. The molecule has 0 saturated carbocycles. The Morgan fingerprint density at radius 3 is 2.86 bits per heavy atom. The third-order valence-electron chi connectivity index (χ3n) is 3.45. The molecule has 0 aliphatic heterocycles. The fourth-order valence-electron chi connectivity index (χ4n) is 2.15. The number of furan rings is 1. The number of nitrogens with zero attached hydrogens (tertiary/aromatic N) is 2. The highest BCUT2D eigenvalue weighted by molar-refractivity contribution is 5.79. The first kappa shape index (κ1) is 21.5. The van der Waals surface area contributed by atoms with Gasteiger partial charge in [0.25, 0.3) is 0 Å². The number of aliphatic imine (C=N–C) groups is 1. The van der Waals surface area contributed by atoms with Gasteiger partial charge in [0.15, 0.2) is 12.6 Å². The third kappa shape index (κ3) is 8.76. The maximum absolute atomic E-state index is 12.2. The van der Waals surface area contributed by atoms with E-state index in [0.717, 1.165) is 17.7 Å². The Kier molecular flexibility index (Phi) is 8.60. The highest BCUT2D eigenvalue weighted by Gasteiger charge is 2.28. The lowest BCUT2D eigenvalue weighted by Gasteiger charge is -2.13. The molecule has 154 valence electrons. The van der Waals surface area contributed by atoms with Crippen molar-refractivity contribution in [2.75, 3.05) is 26.8 Å². The minimum atomic E-state index is -4.40. The molecular formula is C18H23F3N4O3. The van der Waals surface area contributed by atoms with Crippen LogP contribution < -0.4 is 15.4 Å². The lowest BCUT2D eigenvalue weighted by molar-refractivity contribution is -0.154. The Labute approximate surface area is 161 Å². The Hall–Kier alpha value is -2.75. The largest absolute Gasteiger partial charge is 0.468 e. The molecule has 0 aliphatic rings. The molecule has 2 aromatic rings. The van der Waals surface area contributed by atoms with Crippen molar-refractivity contribution in [2.45, 2.75) is 25.7 Å². The Morgan fingerprint density at radius 2 is 2.14 bits per heavy atom. The number of hydrogen-bond acceptors (Lipinski definition) is 5. The van der Waals surface area contributed by atoms with Crippen LogP contribution in [0, 0.1) is 0 Å². The van der Waals surface area contributed by atoms with Gasteiger partial charge >= 0.3 is 6.18 Å². The summed E-state index contributed by atoms with van der Waals surface area (Å²) in [7, 11) is 1.63. The molecule has 0 spiro atoms. The Morgan fingerprint density at radius 1 is 1.29 bits per heavy atom. The average molecular weight is 400 g/mol. The molecule has 28 heavy (non-hydrogen) atoms. The number of nitrogens with one attached hydrogen (secondary N) is 2. The maximum atomic E-state index is 12.2. The van der Waals surface area contributed by atoms with Crippen LogP contribution in [0.4, 0.5) is 13.2 Å². The van der Waals surface area contributed by atoms with Gasteiger partial charge in [-0.05, 0) is 30.2 Å². The predicted molar refractivity (Wildman–Crippen MR) is 97.0 cm³/mol. The molecule has 0 radical (unpaired) electrons. The van der Waals surface area contributed by atoms with Crippen LogP contribution in [0.1, 0.15) is 17.7 Å². The lowest BCUT2D eigenvalue weighted by Crippen LogP contribution is -2.37. The number of ether oxygens (including phenoxy) is 2. The van der Waals surface area contributed by atoms with E-state index in [9.17, 15) is 13.2 Å². The van der Waals surface area contributed by atoms with Gasteiger partial charge in [-0.15, -0.1) is 0 Å². The Bertz CT molecular complexity index is 721. The molecule has 0 bridgehead atoms. The SMILES string of the molecule is CN=C(NCCCOCc1ccco1)NCc1ccnc(OCC(F)(F)F)c1. The van der Waals surface area contributed by atoms with Crippen LogP contribution in [0.2, 0.25) is 0 Å². The second-order valence-corrected chi connectivity index (χ2v) is 5.74. The van der Waals surface area contributed by atoms with Crippen molar-refractivity contribution in [1.29, 1.82) is 0 Å². The second-order valence-electron chi connectivity index (χ2n) is 5.74. The van der Waals surface area contributed by atoms with Gasteiger partial charge in [0, 0.05) is 39.0 Å². The molecule has 10 heteroatoms. The van der Waals surface area contributed by atoms with Crippen molar-refractivity contribution in [2.24, 2.45) is 4.99 Å². The predicted octanol–water partition coefficient (Wildman–Crippen LogP) is 2.89. The van der Waals surface area contributed by atoms with Gasteiger partial charge < -0.3 is 24.5 Å². The van der Waals surface area contributed by atoms with Crippen molar-refractivity contribution >= 4 is 5.96 Å². The van der Waals surface area contributed by atoms with Crippen LogP contribution in [0.15, 0.2) is 46.1 Å². The number of rotatable bonds is 10. The fourth-order valence-corrected chi connectivity index (χ4v) is 2.15. The van der Waals surface area contributed by atoms with Crippen molar-refractivity contribution in [3.8, 4) is 5.88 Å². The van der Waals surface area contributed by atoms with Gasteiger partial charge in [-0.25, -0.2) is 4.98 Å². The van der Waals surface area contributed by atoms with Crippen LogP contribution in [0.5, 0.6) is 5.88 Å². The summed E-state index contributed by atoms with van der Waals surface area (Å²) < 4.78 is 51.9. The van der Waals surface area contributed by atoms with Crippen LogP contribution in [-0.2, 0) is 17.9 Å². The van der Waals surface area contributed by atoms with Gasteiger partial charge in [0.2, 0.25) is 5.88 Å². The van der Waals surface area contributed by atoms with E-state index in [1.165, 1.54) is 12.3 Å². The molecule has 0 atom stereocenters. The summed E-state index contributed by atoms with van der Waals surface area (Å²) in [6, 6.07) is 6.80. The molecule has 0 aliphatic carbocycles. The summed E-state index contributed by atoms with van der Waals surface area (Å²) >= 11 is 0. The first-order chi connectivity index (χ1) is 13.5. The van der Waals surface area contributed by atoms with E-state index in [1.54, 1.807) is 19.4 Å². The van der Waals surface area contributed by atoms with E-state index in [1.807, 2.05) is 12.1 Å². The fraction of sp³-hybridized carbons (Fsp3) is 0.444. The minimum Gasteiger partial charge on any atom is -0.468 e. The van der Waals surface area contributed by atoms with E-state index in [-0.39, 0.29) is 5.88 Å². The molecule has 2 heterocycles. The van der Waals surface area contributed by atoms with E-state index in [4.69, 9.17) is 9.15 Å². The summed E-state index contributed by atoms with van der Waals surface area (Å²) in [6.45, 7) is 0.630. The summed E-state index contributed by atoms with van der Waals surface area (Å²) in [5.74, 6) is 1.27. The highest BCUT2D eigenvalue weighted by atomic mass is 19.4. The number of guanidine groups is 1. The molecule has 0 aromatic carbocycles. The van der Waals surface area contributed by atoms with E-state index in [0.29, 0.717) is 32.3 Å². The van der Waals surface area contributed by atoms with E-state index in [2.05, 4.69) is 25.3 Å². The van der Waals surface area contributed by atoms with Gasteiger partial charge in [-0.2, -0.15) is 13.2 Å². The number of halogens is 3.